The normalized spacial score (nSPS) is 15.4. The maximum Gasteiger partial charge on any atom is 0.131 e. The second kappa shape index (κ2) is 6.67. The summed E-state index contributed by atoms with van der Waals surface area (Å²) < 4.78 is 13.5. The molecule has 1 aliphatic carbocycles. The highest BCUT2D eigenvalue weighted by Crippen LogP contribution is 2.45. The second-order valence-electron chi connectivity index (χ2n) is 6.74. The van der Waals surface area contributed by atoms with E-state index in [1.54, 1.807) is 7.11 Å². The number of nitrogens with zero attached hydrogens (tertiary/aromatic N) is 2. The molecule has 1 heterocycles. The summed E-state index contributed by atoms with van der Waals surface area (Å²) >= 11 is 6.57. The lowest BCUT2D eigenvalue weighted by Gasteiger charge is -2.15. The Hall–Kier alpha value is -1.68. The molecule has 1 aliphatic rings. The van der Waals surface area contributed by atoms with Crippen LogP contribution in [0.2, 0.25) is 5.02 Å². The zero-order valence-electron chi connectivity index (χ0n) is 14.9. The van der Waals surface area contributed by atoms with Crippen molar-refractivity contribution in [3.05, 3.63) is 28.9 Å². The summed E-state index contributed by atoms with van der Waals surface area (Å²) in [6.07, 6.45) is 3.29. The van der Waals surface area contributed by atoms with Gasteiger partial charge in [0, 0.05) is 23.6 Å². The number of hydrogen-bond donors (Lipinski definition) is 0. The molecule has 0 saturated heterocycles. The number of hydrogen-bond acceptors (Lipinski definition) is 3. The van der Waals surface area contributed by atoms with Crippen molar-refractivity contribution in [2.75, 3.05) is 13.7 Å². The molecule has 0 bridgehead atoms. The number of rotatable bonds is 7. The quantitative estimate of drug-likeness (QED) is 0.708. The third-order valence-electron chi connectivity index (χ3n) is 4.71. The summed E-state index contributed by atoms with van der Waals surface area (Å²) in [7, 11) is 1.67. The predicted octanol–water partition coefficient (Wildman–Crippen LogP) is 4.97. The first kappa shape index (κ1) is 17.2. The lowest BCUT2D eigenvalue weighted by Crippen LogP contribution is -2.08. The van der Waals surface area contributed by atoms with E-state index in [0.717, 1.165) is 48.0 Å². The number of aromatic nitrogens is 2. The highest BCUT2D eigenvalue weighted by molar-refractivity contribution is 6.33. The van der Waals surface area contributed by atoms with Crippen LogP contribution in [0.5, 0.6) is 11.5 Å². The zero-order chi connectivity index (χ0) is 17.3. The Balaban J connectivity index is 1.94. The number of ether oxygens (including phenoxy) is 2. The maximum atomic E-state index is 6.57. The van der Waals surface area contributed by atoms with E-state index in [4.69, 9.17) is 21.1 Å². The van der Waals surface area contributed by atoms with Gasteiger partial charge in [0.25, 0.3) is 0 Å². The van der Waals surface area contributed by atoms with E-state index in [0.29, 0.717) is 10.4 Å². The topological polar surface area (TPSA) is 36.3 Å². The summed E-state index contributed by atoms with van der Waals surface area (Å²) in [6, 6.07) is 5.94. The summed E-state index contributed by atoms with van der Waals surface area (Å²) in [4.78, 5) is 0. The molecule has 0 amide bonds. The number of benzene rings is 1. The molecule has 5 heteroatoms. The zero-order valence-corrected chi connectivity index (χ0v) is 15.6. The lowest BCUT2D eigenvalue weighted by molar-refractivity contribution is 0.246. The van der Waals surface area contributed by atoms with Gasteiger partial charge in [0.15, 0.2) is 0 Å². The Morgan fingerprint density at radius 3 is 2.62 bits per heavy atom. The van der Waals surface area contributed by atoms with Gasteiger partial charge in [-0.1, -0.05) is 25.4 Å². The van der Waals surface area contributed by atoms with E-state index in [1.807, 2.05) is 22.9 Å². The van der Waals surface area contributed by atoms with Crippen LogP contribution in [0.3, 0.4) is 0 Å². The first-order chi connectivity index (χ1) is 11.5. The molecule has 0 N–H and O–H groups in total. The van der Waals surface area contributed by atoms with Crippen LogP contribution in [-0.2, 0) is 13.0 Å². The van der Waals surface area contributed by atoms with Crippen LogP contribution >= 0.6 is 11.6 Å². The van der Waals surface area contributed by atoms with Gasteiger partial charge in [-0.05, 0) is 38.3 Å². The molecule has 1 aromatic carbocycles. The van der Waals surface area contributed by atoms with E-state index < -0.39 is 0 Å². The molecule has 0 unspecified atom stereocenters. The first-order valence-electron chi connectivity index (χ1n) is 8.57. The van der Waals surface area contributed by atoms with Crippen LogP contribution in [-0.4, -0.2) is 23.5 Å². The maximum absolute atomic E-state index is 6.57. The summed E-state index contributed by atoms with van der Waals surface area (Å²) in [5, 5.41) is 5.30. The van der Waals surface area contributed by atoms with E-state index >= 15 is 0 Å². The average molecular weight is 349 g/mol. The van der Waals surface area contributed by atoms with Gasteiger partial charge < -0.3 is 9.47 Å². The van der Waals surface area contributed by atoms with Crippen LogP contribution in [0.25, 0.3) is 11.3 Å². The van der Waals surface area contributed by atoms with Crippen LogP contribution in [0.1, 0.15) is 39.3 Å². The Morgan fingerprint density at radius 2 is 2.04 bits per heavy atom. The molecule has 1 fully saturated rings. The molecule has 1 aromatic heterocycles. The highest BCUT2D eigenvalue weighted by atomic mass is 35.5. The molecule has 0 spiro atoms. The smallest absolute Gasteiger partial charge is 0.131 e. The van der Waals surface area contributed by atoms with Gasteiger partial charge in [-0.15, -0.1) is 0 Å². The van der Waals surface area contributed by atoms with Crippen molar-refractivity contribution in [2.45, 2.75) is 46.6 Å². The van der Waals surface area contributed by atoms with Crippen molar-refractivity contribution in [1.29, 1.82) is 0 Å². The Morgan fingerprint density at radius 1 is 1.29 bits per heavy atom. The summed E-state index contributed by atoms with van der Waals surface area (Å²) in [6.45, 7) is 7.89. The molecule has 0 radical (unpaired) electrons. The molecule has 2 aromatic rings. The molecule has 0 aliphatic heterocycles. The third-order valence-corrected chi connectivity index (χ3v) is 5.11. The predicted molar refractivity (Wildman–Crippen MR) is 97.1 cm³/mol. The van der Waals surface area contributed by atoms with Crippen molar-refractivity contribution in [3.8, 4) is 22.8 Å². The van der Waals surface area contributed by atoms with Crippen molar-refractivity contribution in [2.24, 2.45) is 5.41 Å². The minimum Gasteiger partial charge on any atom is -0.496 e. The van der Waals surface area contributed by atoms with Crippen LogP contribution in [0.4, 0.5) is 0 Å². The summed E-state index contributed by atoms with van der Waals surface area (Å²) in [5.74, 6) is 1.59. The largest absolute Gasteiger partial charge is 0.496 e. The monoisotopic (exact) mass is 348 g/mol. The molecule has 24 heavy (non-hydrogen) atoms. The lowest BCUT2D eigenvalue weighted by atomic mass is 10.1. The van der Waals surface area contributed by atoms with E-state index in [-0.39, 0.29) is 0 Å². The Labute approximate surface area is 148 Å². The molecular formula is C19H25ClN2O2. The fourth-order valence-electron chi connectivity index (χ4n) is 2.77. The highest BCUT2D eigenvalue weighted by Gasteiger charge is 2.38. The molecule has 0 atom stereocenters. The fraction of sp³-hybridized carbons (Fsp3) is 0.526. The standard InChI is InChI=1S/C19H25ClN2O2/c1-5-15-17(20)18(22(6-2)21-15)14-8-7-13(11-16(14)23-4)24-12-19(3)9-10-19/h7-8,11H,5-6,9-10,12H2,1-4H3. The van der Waals surface area contributed by atoms with Crippen molar-refractivity contribution < 1.29 is 9.47 Å². The SMILES string of the molecule is CCc1nn(CC)c(-c2ccc(OCC3(C)CC3)cc2OC)c1Cl. The van der Waals surface area contributed by atoms with Gasteiger partial charge in [0.05, 0.1) is 30.1 Å². The Bertz CT molecular complexity index is 735. The summed E-state index contributed by atoms with van der Waals surface area (Å²) in [5.41, 5.74) is 3.12. The number of methoxy groups -OCH3 is 1. The van der Waals surface area contributed by atoms with Gasteiger partial charge in [-0.3, -0.25) is 4.68 Å². The molecule has 3 rings (SSSR count). The van der Waals surface area contributed by atoms with Gasteiger partial charge in [0.1, 0.15) is 11.5 Å². The van der Waals surface area contributed by atoms with Crippen LogP contribution in [0, 0.1) is 5.41 Å². The third kappa shape index (κ3) is 3.25. The van der Waals surface area contributed by atoms with Crippen molar-refractivity contribution in [1.82, 2.24) is 9.78 Å². The minimum absolute atomic E-state index is 0.353. The first-order valence-corrected chi connectivity index (χ1v) is 8.95. The fourth-order valence-corrected chi connectivity index (χ4v) is 3.14. The van der Waals surface area contributed by atoms with Gasteiger partial charge in [-0.25, -0.2) is 0 Å². The van der Waals surface area contributed by atoms with Crippen molar-refractivity contribution in [3.63, 3.8) is 0 Å². The van der Waals surface area contributed by atoms with Gasteiger partial charge in [0.2, 0.25) is 0 Å². The van der Waals surface area contributed by atoms with Crippen molar-refractivity contribution >= 4 is 11.6 Å². The minimum atomic E-state index is 0.353. The van der Waals surface area contributed by atoms with Crippen LogP contribution in [0.15, 0.2) is 18.2 Å². The van der Waals surface area contributed by atoms with E-state index in [9.17, 15) is 0 Å². The van der Waals surface area contributed by atoms with Crippen LogP contribution < -0.4 is 9.47 Å². The Kier molecular flexibility index (Phi) is 4.77. The van der Waals surface area contributed by atoms with E-state index in [1.165, 1.54) is 12.8 Å². The molecule has 130 valence electrons. The second-order valence-corrected chi connectivity index (χ2v) is 7.12. The molecular weight excluding hydrogens is 324 g/mol. The number of aryl methyl sites for hydroxylation is 2. The molecule has 1 saturated carbocycles. The molecule has 4 nitrogen and oxygen atoms in total. The van der Waals surface area contributed by atoms with E-state index in [2.05, 4.69) is 25.9 Å². The van der Waals surface area contributed by atoms with Gasteiger partial charge >= 0.3 is 0 Å². The van der Waals surface area contributed by atoms with Gasteiger partial charge in [-0.2, -0.15) is 5.10 Å². The average Bonchev–Trinajstić information content (AvgIpc) is 3.25. The number of halogens is 1.